The lowest BCUT2D eigenvalue weighted by Gasteiger charge is -2.26. The van der Waals surface area contributed by atoms with Gasteiger partial charge >= 0.3 is 0 Å². The Labute approximate surface area is 105 Å². The number of nitrogens with one attached hydrogen (secondary N) is 1. The SMILES string of the molecule is Cc1cccc(OCC(C)(C)CNC(C)C)c1. The summed E-state index contributed by atoms with van der Waals surface area (Å²) in [6.45, 7) is 12.6. The molecular weight excluding hydrogens is 210 g/mol. The minimum Gasteiger partial charge on any atom is -0.493 e. The molecule has 0 saturated heterocycles. The quantitative estimate of drug-likeness (QED) is 0.816. The van der Waals surface area contributed by atoms with Crippen LogP contribution >= 0.6 is 0 Å². The van der Waals surface area contributed by atoms with Gasteiger partial charge in [-0.05, 0) is 24.6 Å². The highest BCUT2D eigenvalue weighted by Gasteiger charge is 2.19. The van der Waals surface area contributed by atoms with Gasteiger partial charge in [0.25, 0.3) is 0 Å². The Hall–Kier alpha value is -1.02. The number of ether oxygens (including phenoxy) is 1. The highest BCUT2D eigenvalue weighted by molar-refractivity contribution is 5.27. The maximum absolute atomic E-state index is 5.84. The van der Waals surface area contributed by atoms with Gasteiger partial charge in [-0.15, -0.1) is 0 Å². The van der Waals surface area contributed by atoms with E-state index in [1.807, 2.05) is 12.1 Å². The topological polar surface area (TPSA) is 21.3 Å². The van der Waals surface area contributed by atoms with Crippen molar-refractivity contribution < 1.29 is 4.74 Å². The Balaban J connectivity index is 2.43. The molecule has 0 aliphatic rings. The standard InChI is InChI=1S/C15H25NO/c1-12(2)16-10-15(4,5)11-17-14-8-6-7-13(3)9-14/h6-9,12,16H,10-11H2,1-5H3. The third-order valence-corrected chi connectivity index (χ3v) is 2.61. The van der Waals surface area contributed by atoms with Crippen molar-refractivity contribution in [2.24, 2.45) is 5.41 Å². The van der Waals surface area contributed by atoms with Gasteiger partial charge in [0.1, 0.15) is 5.75 Å². The first-order valence-corrected chi connectivity index (χ1v) is 6.32. The van der Waals surface area contributed by atoms with Crippen molar-refractivity contribution in [3.8, 4) is 5.75 Å². The first-order valence-electron chi connectivity index (χ1n) is 6.32. The molecule has 0 atom stereocenters. The predicted molar refractivity (Wildman–Crippen MR) is 73.6 cm³/mol. The molecule has 0 aromatic heterocycles. The van der Waals surface area contributed by atoms with Gasteiger partial charge in [-0.1, -0.05) is 39.8 Å². The average Bonchev–Trinajstić information content (AvgIpc) is 2.24. The van der Waals surface area contributed by atoms with Crippen LogP contribution in [0.15, 0.2) is 24.3 Å². The molecule has 0 aliphatic carbocycles. The van der Waals surface area contributed by atoms with Crippen LogP contribution in [0.25, 0.3) is 0 Å². The molecule has 96 valence electrons. The van der Waals surface area contributed by atoms with Crippen LogP contribution in [0.4, 0.5) is 0 Å². The molecule has 0 amide bonds. The summed E-state index contributed by atoms with van der Waals surface area (Å²) in [4.78, 5) is 0. The van der Waals surface area contributed by atoms with Crippen LogP contribution in [-0.2, 0) is 0 Å². The van der Waals surface area contributed by atoms with Crippen molar-refractivity contribution in [1.82, 2.24) is 5.32 Å². The van der Waals surface area contributed by atoms with Crippen molar-refractivity contribution in [2.45, 2.75) is 40.7 Å². The normalized spacial score (nSPS) is 11.9. The maximum atomic E-state index is 5.84. The van der Waals surface area contributed by atoms with E-state index >= 15 is 0 Å². The molecule has 0 aliphatic heterocycles. The van der Waals surface area contributed by atoms with E-state index in [-0.39, 0.29) is 5.41 Å². The molecule has 1 rings (SSSR count). The number of hydrogen-bond acceptors (Lipinski definition) is 2. The number of aryl methyl sites for hydroxylation is 1. The number of benzene rings is 1. The maximum Gasteiger partial charge on any atom is 0.119 e. The van der Waals surface area contributed by atoms with Crippen LogP contribution in [0.1, 0.15) is 33.3 Å². The largest absolute Gasteiger partial charge is 0.493 e. The molecule has 0 radical (unpaired) electrons. The highest BCUT2D eigenvalue weighted by atomic mass is 16.5. The molecule has 0 spiro atoms. The lowest BCUT2D eigenvalue weighted by Crippen LogP contribution is -2.37. The van der Waals surface area contributed by atoms with Gasteiger partial charge in [0.15, 0.2) is 0 Å². The van der Waals surface area contributed by atoms with E-state index in [1.165, 1.54) is 5.56 Å². The fourth-order valence-corrected chi connectivity index (χ4v) is 1.52. The molecule has 0 saturated carbocycles. The lowest BCUT2D eigenvalue weighted by atomic mass is 9.94. The zero-order valence-electron chi connectivity index (χ0n) is 11.7. The van der Waals surface area contributed by atoms with Crippen molar-refractivity contribution in [1.29, 1.82) is 0 Å². The first-order chi connectivity index (χ1) is 7.89. The third kappa shape index (κ3) is 5.73. The lowest BCUT2D eigenvalue weighted by molar-refractivity contribution is 0.173. The molecule has 1 aromatic rings. The van der Waals surface area contributed by atoms with E-state index in [0.717, 1.165) is 18.9 Å². The minimum atomic E-state index is 0.147. The predicted octanol–water partition coefficient (Wildman–Crippen LogP) is 3.40. The number of hydrogen-bond donors (Lipinski definition) is 1. The van der Waals surface area contributed by atoms with Crippen LogP contribution in [0, 0.1) is 12.3 Å². The second-order valence-corrected chi connectivity index (χ2v) is 5.80. The minimum absolute atomic E-state index is 0.147. The van der Waals surface area contributed by atoms with Crippen LogP contribution in [0.3, 0.4) is 0 Å². The summed E-state index contributed by atoms with van der Waals surface area (Å²) in [5.74, 6) is 0.961. The van der Waals surface area contributed by atoms with Crippen LogP contribution in [0.5, 0.6) is 5.75 Å². The fraction of sp³-hybridized carbons (Fsp3) is 0.600. The summed E-state index contributed by atoms with van der Waals surface area (Å²) >= 11 is 0. The summed E-state index contributed by atoms with van der Waals surface area (Å²) < 4.78 is 5.84. The van der Waals surface area contributed by atoms with Gasteiger partial charge in [-0.2, -0.15) is 0 Å². The fourth-order valence-electron chi connectivity index (χ4n) is 1.52. The Morgan fingerprint density at radius 2 is 2.00 bits per heavy atom. The molecule has 1 N–H and O–H groups in total. The molecule has 0 unspecified atom stereocenters. The number of rotatable bonds is 6. The Bertz CT molecular complexity index is 345. The van der Waals surface area contributed by atoms with Gasteiger partial charge in [-0.25, -0.2) is 0 Å². The zero-order chi connectivity index (χ0) is 12.9. The smallest absolute Gasteiger partial charge is 0.119 e. The van der Waals surface area contributed by atoms with Crippen molar-refractivity contribution in [3.63, 3.8) is 0 Å². The van der Waals surface area contributed by atoms with E-state index in [9.17, 15) is 0 Å². The van der Waals surface area contributed by atoms with Crippen molar-refractivity contribution in [2.75, 3.05) is 13.2 Å². The van der Waals surface area contributed by atoms with Gasteiger partial charge < -0.3 is 10.1 Å². The van der Waals surface area contributed by atoms with Gasteiger partial charge in [-0.3, -0.25) is 0 Å². The van der Waals surface area contributed by atoms with Crippen molar-refractivity contribution in [3.05, 3.63) is 29.8 Å². The van der Waals surface area contributed by atoms with E-state index in [2.05, 4.69) is 52.1 Å². The molecular formula is C15H25NO. The van der Waals surface area contributed by atoms with Gasteiger partial charge in [0.2, 0.25) is 0 Å². The van der Waals surface area contributed by atoms with Gasteiger partial charge in [0.05, 0.1) is 6.61 Å². The third-order valence-electron chi connectivity index (χ3n) is 2.61. The summed E-state index contributed by atoms with van der Waals surface area (Å²) in [7, 11) is 0. The van der Waals surface area contributed by atoms with Crippen LogP contribution in [0.2, 0.25) is 0 Å². The second kappa shape index (κ2) is 6.06. The summed E-state index contributed by atoms with van der Waals surface area (Å²) in [6.07, 6.45) is 0. The summed E-state index contributed by atoms with van der Waals surface area (Å²) in [5, 5.41) is 3.45. The average molecular weight is 235 g/mol. The molecule has 2 heteroatoms. The van der Waals surface area contributed by atoms with Crippen molar-refractivity contribution >= 4 is 0 Å². The first kappa shape index (κ1) is 14.0. The Morgan fingerprint density at radius 3 is 2.59 bits per heavy atom. The van der Waals surface area contributed by atoms with E-state index in [0.29, 0.717) is 6.04 Å². The van der Waals surface area contributed by atoms with E-state index in [1.54, 1.807) is 0 Å². The van der Waals surface area contributed by atoms with Crippen LogP contribution in [-0.4, -0.2) is 19.2 Å². The molecule has 1 aromatic carbocycles. The highest BCUT2D eigenvalue weighted by Crippen LogP contribution is 2.18. The van der Waals surface area contributed by atoms with E-state index in [4.69, 9.17) is 4.74 Å². The summed E-state index contributed by atoms with van der Waals surface area (Å²) in [5.41, 5.74) is 1.38. The second-order valence-electron chi connectivity index (χ2n) is 5.80. The molecule has 2 nitrogen and oxygen atoms in total. The van der Waals surface area contributed by atoms with Gasteiger partial charge in [0, 0.05) is 18.0 Å². The zero-order valence-corrected chi connectivity index (χ0v) is 11.7. The molecule has 0 bridgehead atoms. The molecule has 0 heterocycles. The molecule has 0 fully saturated rings. The Morgan fingerprint density at radius 1 is 1.29 bits per heavy atom. The molecule has 17 heavy (non-hydrogen) atoms. The monoisotopic (exact) mass is 235 g/mol. The van der Waals surface area contributed by atoms with E-state index < -0.39 is 0 Å². The Kier molecular flexibility index (Phi) is 5.01. The van der Waals surface area contributed by atoms with Crippen LogP contribution < -0.4 is 10.1 Å². The summed E-state index contributed by atoms with van der Waals surface area (Å²) in [6, 6.07) is 8.72.